The topological polar surface area (TPSA) is 21.3 Å². The van der Waals surface area contributed by atoms with Gasteiger partial charge in [-0.05, 0) is 40.9 Å². The lowest BCUT2D eigenvalue weighted by Gasteiger charge is -2.08. The Hall–Kier alpha value is 0.1000. The van der Waals surface area contributed by atoms with Crippen LogP contribution in [-0.2, 0) is 11.2 Å². The summed E-state index contributed by atoms with van der Waals surface area (Å²) < 4.78 is 6.52. The third-order valence-electron chi connectivity index (χ3n) is 2.36. The standard InChI is InChI=1S/C10H14BrNOS/c11-10-2-1-9(14-10)3-5-12-8-4-6-13-7-8/h1-2,8,12H,3-7H2. The first-order valence-corrected chi connectivity index (χ1v) is 6.51. The number of hydrogen-bond acceptors (Lipinski definition) is 3. The van der Waals surface area contributed by atoms with E-state index in [2.05, 4.69) is 33.4 Å². The Labute approximate surface area is 96.8 Å². The molecule has 1 N–H and O–H groups in total. The lowest BCUT2D eigenvalue weighted by Crippen LogP contribution is -2.30. The molecule has 1 aliphatic heterocycles. The summed E-state index contributed by atoms with van der Waals surface area (Å²) in [5.74, 6) is 0. The molecule has 2 heterocycles. The van der Waals surface area contributed by atoms with Crippen LogP contribution in [0.3, 0.4) is 0 Å². The molecule has 0 spiro atoms. The smallest absolute Gasteiger partial charge is 0.0701 e. The largest absolute Gasteiger partial charge is 0.380 e. The first-order valence-electron chi connectivity index (χ1n) is 4.90. The van der Waals surface area contributed by atoms with Crippen molar-refractivity contribution in [3.8, 4) is 0 Å². The fourth-order valence-electron chi connectivity index (χ4n) is 1.58. The van der Waals surface area contributed by atoms with Gasteiger partial charge in [0.25, 0.3) is 0 Å². The summed E-state index contributed by atoms with van der Waals surface area (Å²) in [6.07, 6.45) is 2.28. The zero-order valence-corrected chi connectivity index (χ0v) is 10.4. The molecule has 78 valence electrons. The normalized spacial score (nSPS) is 21.6. The van der Waals surface area contributed by atoms with Gasteiger partial charge in [0.1, 0.15) is 0 Å². The van der Waals surface area contributed by atoms with Crippen LogP contribution in [-0.4, -0.2) is 25.8 Å². The Bertz CT molecular complexity index is 283. The third kappa shape index (κ3) is 3.05. The van der Waals surface area contributed by atoms with Gasteiger partial charge in [-0.1, -0.05) is 0 Å². The van der Waals surface area contributed by atoms with Crippen molar-refractivity contribution < 1.29 is 4.74 Å². The number of rotatable bonds is 4. The number of hydrogen-bond donors (Lipinski definition) is 1. The second-order valence-electron chi connectivity index (χ2n) is 3.47. The molecule has 1 aliphatic rings. The van der Waals surface area contributed by atoms with Crippen LogP contribution >= 0.6 is 27.3 Å². The lowest BCUT2D eigenvalue weighted by atomic mass is 10.2. The molecule has 0 aromatic carbocycles. The number of halogens is 1. The average Bonchev–Trinajstić information content (AvgIpc) is 2.77. The molecule has 14 heavy (non-hydrogen) atoms. The van der Waals surface area contributed by atoms with E-state index in [4.69, 9.17) is 4.74 Å². The molecule has 0 amide bonds. The van der Waals surface area contributed by atoms with Crippen LogP contribution in [0.5, 0.6) is 0 Å². The van der Waals surface area contributed by atoms with Gasteiger partial charge in [-0.3, -0.25) is 0 Å². The van der Waals surface area contributed by atoms with E-state index in [1.54, 1.807) is 0 Å². The van der Waals surface area contributed by atoms with E-state index >= 15 is 0 Å². The molecule has 0 aliphatic carbocycles. The van der Waals surface area contributed by atoms with E-state index in [0.717, 1.165) is 32.6 Å². The van der Waals surface area contributed by atoms with Gasteiger partial charge in [-0.2, -0.15) is 0 Å². The average molecular weight is 276 g/mol. The van der Waals surface area contributed by atoms with Gasteiger partial charge in [0.15, 0.2) is 0 Å². The monoisotopic (exact) mass is 275 g/mol. The van der Waals surface area contributed by atoms with Crippen molar-refractivity contribution in [1.82, 2.24) is 5.32 Å². The summed E-state index contributed by atoms with van der Waals surface area (Å²) in [4.78, 5) is 1.43. The molecule has 1 aromatic heterocycles. The molecule has 1 saturated heterocycles. The van der Waals surface area contributed by atoms with Crippen LogP contribution in [0.1, 0.15) is 11.3 Å². The van der Waals surface area contributed by atoms with Crippen molar-refractivity contribution in [2.45, 2.75) is 18.9 Å². The van der Waals surface area contributed by atoms with E-state index < -0.39 is 0 Å². The fourth-order valence-corrected chi connectivity index (χ4v) is 3.06. The molecule has 2 rings (SSSR count). The molecule has 0 bridgehead atoms. The fraction of sp³-hybridized carbons (Fsp3) is 0.600. The molecule has 2 nitrogen and oxygen atoms in total. The predicted octanol–water partition coefficient (Wildman–Crippen LogP) is 2.43. The minimum atomic E-state index is 0.582. The van der Waals surface area contributed by atoms with Gasteiger partial charge in [-0.15, -0.1) is 11.3 Å². The van der Waals surface area contributed by atoms with Crippen molar-refractivity contribution in [1.29, 1.82) is 0 Å². The van der Waals surface area contributed by atoms with Crippen LogP contribution < -0.4 is 5.32 Å². The summed E-state index contributed by atoms with van der Waals surface area (Å²) in [5, 5.41) is 3.51. The van der Waals surface area contributed by atoms with Gasteiger partial charge in [0.2, 0.25) is 0 Å². The number of ether oxygens (including phenoxy) is 1. The summed E-state index contributed by atoms with van der Waals surface area (Å²) in [7, 11) is 0. The van der Waals surface area contributed by atoms with Crippen molar-refractivity contribution in [3.63, 3.8) is 0 Å². The zero-order chi connectivity index (χ0) is 9.80. The summed E-state index contributed by atoms with van der Waals surface area (Å²) in [5.41, 5.74) is 0. The molecule has 1 unspecified atom stereocenters. The lowest BCUT2D eigenvalue weighted by molar-refractivity contribution is 0.190. The minimum absolute atomic E-state index is 0.582. The molecule has 1 aromatic rings. The molecule has 0 radical (unpaired) electrons. The zero-order valence-electron chi connectivity index (χ0n) is 7.96. The second kappa shape index (κ2) is 5.26. The first-order chi connectivity index (χ1) is 6.84. The SMILES string of the molecule is Brc1ccc(CCNC2CCOC2)s1. The van der Waals surface area contributed by atoms with Crippen molar-refractivity contribution >= 4 is 27.3 Å². The Balaban J connectivity index is 1.67. The number of nitrogens with one attached hydrogen (secondary N) is 1. The first kappa shape index (κ1) is 10.6. The molecule has 0 saturated carbocycles. The highest BCUT2D eigenvalue weighted by atomic mass is 79.9. The second-order valence-corrected chi connectivity index (χ2v) is 6.02. The van der Waals surface area contributed by atoms with E-state index in [1.165, 1.54) is 8.66 Å². The highest BCUT2D eigenvalue weighted by Gasteiger charge is 2.13. The summed E-state index contributed by atoms with van der Waals surface area (Å²) in [6, 6.07) is 4.87. The highest BCUT2D eigenvalue weighted by Crippen LogP contribution is 2.22. The Morgan fingerprint density at radius 3 is 3.14 bits per heavy atom. The molecule has 1 fully saturated rings. The molecular weight excluding hydrogens is 262 g/mol. The van der Waals surface area contributed by atoms with Gasteiger partial charge < -0.3 is 10.1 Å². The summed E-state index contributed by atoms with van der Waals surface area (Å²) in [6.45, 7) is 2.86. The van der Waals surface area contributed by atoms with Crippen molar-refractivity contribution in [3.05, 3.63) is 20.8 Å². The van der Waals surface area contributed by atoms with Gasteiger partial charge in [-0.25, -0.2) is 0 Å². The van der Waals surface area contributed by atoms with E-state index in [-0.39, 0.29) is 0 Å². The van der Waals surface area contributed by atoms with Crippen molar-refractivity contribution in [2.75, 3.05) is 19.8 Å². The van der Waals surface area contributed by atoms with Crippen LogP contribution in [0.2, 0.25) is 0 Å². The maximum Gasteiger partial charge on any atom is 0.0701 e. The van der Waals surface area contributed by atoms with E-state index in [9.17, 15) is 0 Å². The minimum Gasteiger partial charge on any atom is -0.380 e. The molecule has 4 heteroatoms. The maximum absolute atomic E-state index is 5.30. The Kier molecular flexibility index (Phi) is 3.99. The quantitative estimate of drug-likeness (QED) is 0.912. The van der Waals surface area contributed by atoms with Crippen molar-refractivity contribution in [2.24, 2.45) is 0 Å². The summed E-state index contributed by atoms with van der Waals surface area (Å²) >= 11 is 5.28. The predicted molar refractivity (Wildman–Crippen MR) is 62.9 cm³/mol. The van der Waals surface area contributed by atoms with Crippen LogP contribution in [0.25, 0.3) is 0 Å². The van der Waals surface area contributed by atoms with E-state index in [1.807, 2.05) is 11.3 Å². The van der Waals surface area contributed by atoms with Crippen LogP contribution in [0.15, 0.2) is 15.9 Å². The van der Waals surface area contributed by atoms with Crippen LogP contribution in [0, 0.1) is 0 Å². The van der Waals surface area contributed by atoms with Gasteiger partial charge >= 0.3 is 0 Å². The Morgan fingerprint density at radius 2 is 2.50 bits per heavy atom. The van der Waals surface area contributed by atoms with E-state index in [0.29, 0.717) is 6.04 Å². The number of thiophene rings is 1. The molecular formula is C10H14BrNOS. The Morgan fingerprint density at radius 1 is 1.57 bits per heavy atom. The van der Waals surface area contributed by atoms with Gasteiger partial charge in [0, 0.05) is 24.1 Å². The highest BCUT2D eigenvalue weighted by molar-refractivity contribution is 9.11. The maximum atomic E-state index is 5.30. The van der Waals surface area contributed by atoms with Gasteiger partial charge in [0.05, 0.1) is 10.4 Å². The van der Waals surface area contributed by atoms with Crippen LogP contribution in [0.4, 0.5) is 0 Å². The third-order valence-corrected chi connectivity index (χ3v) is 4.05. The molecule has 1 atom stereocenters.